The Hall–Kier alpha value is -1.60. The van der Waals surface area contributed by atoms with Crippen molar-refractivity contribution in [3.63, 3.8) is 0 Å². The number of pyridine rings is 1. The Morgan fingerprint density at radius 3 is 2.58 bits per heavy atom. The molecule has 19 heavy (non-hydrogen) atoms. The summed E-state index contributed by atoms with van der Waals surface area (Å²) < 4.78 is 27.4. The van der Waals surface area contributed by atoms with Gasteiger partial charge in [-0.2, -0.15) is 0 Å². The molecule has 0 aliphatic carbocycles. The van der Waals surface area contributed by atoms with Crippen molar-refractivity contribution in [3.8, 4) is 0 Å². The number of sulfonamides is 1. The van der Waals surface area contributed by atoms with Crippen LogP contribution in [-0.4, -0.2) is 13.4 Å². The molecule has 0 amide bonds. The summed E-state index contributed by atoms with van der Waals surface area (Å²) in [5, 5.41) is 0. The zero-order chi connectivity index (χ0) is 14.0. The van der Waals surface area contributed by atoms with Crippen molar-refractivity contribution in [3.05, 3.63) is 56.9 Å². The summed E-state index contributed by atoms with van der Waals surface area (Å²) in [7, 11) is -3.72. The Bertz CT molecular complexity index is 748. The van der Waals surface area contributed by atoms with Crippen LogP contribution in [0.3, 0.4) is 0 Å². The Morgan fingerprint density at radius 2 is 1.95 bits per heavy atom. The number of halogens is 1. The van der Waals surface area contributed by atoms with Crippen LogP contribution in [0.5, 0.6) is 0 Å². The van der Waals surface area contributed by atoms with E-state index in [0.717, 1.165) is 11.8 Å². The Labute approximate surface area is 118 Å². The fraction of sp³-hybridized carbons (Fsp3) is 0.0833. The van der Waals surface area contributed by atoms with Crippen molar-refractivity contribution in [2.75, 3.05) is 4.72 Å². The summed E-state index contributed by atoms with van der Waals surface area (Å²) in [6, 6.07) is 7.76. The summed E-state index contributed by atoms with van der Waals surface area (Å²) in [4.78, 5) is 13.3. The number of hydrogen-bond donors (Lipinski definition) is 2. The van der Waals surface area contributed by atoms with E-state index in [1.807, 2.05) is 13.0 Å². The number of hydrogen-bond acceptors (Lipinski definition) is 3. The highest BCUT2D eigenvalue weighted by Crippen LogP contribution is 2.25. The minimum Gasteiger partial charge on any atom is -0.328 e. The molecule has 0 saturated carbocycles. The lowest BCUT2D eigenvalue weighted by molar-refractivity contribution is 0.600. The number of anilines is 1. The zero-order valence-corrected chi connectivity index (χ0v) is 12.4. The number of benzene rings is 1. The molecule has 0 saturated heterocycles. The summed E-state index contributed by atoms with van der Waals surface area (Å²) in [5.41, 5.74) is 1.03. The van der Waals surface area contributed by atoms with Gasteiger partial charge in [-0.05, 0) is 46.6 Å². The maximum atomic E-state index is 12.1. The highest BCUT2D eigenvalue weighted by Gasteiger charge is 2.15. The zero-order valence-electron chi connectivity index (χ0n) is 9.98. The SMILES string of the molecule is Cc1ccc(Br)c(NS(=O)(=O)c2ccc(=O)[nH]c2)c1. The Morgan fingerprint density at radius 1 is 1.21 bits per heavy atom. The fourth-order valence-electron chi connectivity index (χ4n) is 1.48. The van der Waals surface area contributed by atoms with Gasteiger partial charge in [0.05, 0.1) is 5.69 Å². The van der Waals surface area contributed by atoms with E-state index in [-0.39, 0.29) is 10.5 Å². The second-order valence-corrected chi connectivity index (χ2v) is 6.51. The molecular weight excluding hydrogens is 332 g/mol. The van der Waals surface area contributed by atoms with Crippen LogP contribution in [0, 0.1) is 6.92 Å². The predicted molar refractivity (Wildman–Crippen MR) is 76.8 cm³/mol. The van der Waals surface area contributed by atoms with Crippen LogP contribution in [0.2, 0.25) is 0 Å². The number of aromatic amines is 1. The average molecular weight is 343 g/mol. The van der Waals surface area contributed by atoms with Crippen molar-refractivity contribution in [1.29, 1.82) is 0 Å². The van der Waals surface area contributed by atoms with Gasteiger partial charge in [-0.25, -0.2) is 8.42 Å². The standard InChI is InChI=1S/C12H11BrN2O3S/c1-8-2-4-10(13)11(6-8)15-19(17,18)9-3-5-12(16)14-7-9/h2-7,15H,1H3,(H,14,16). The van der Waals surface area contributed by atoms with Gasteiger partial charge < -0.3 is 4.98 Å². The van der Waals surface area contributed by atoms with Gasteiger partial charge in [0.25, 0.3) is 10.0 Å². The first kappa shape index (κ1) is 13.8. The number of rotatable bonds is 3. The quantitative estimate of drug-likeness (QED) is 0.897. The molecule has 1 aromatic heterocycles. The normalized spacial score (nSPS) is 11.3. The highest BCUT2D eigenvalue weighted by molar-refractivity contribution is 9.10. The van der Waals surface area contributed by atoms with Crippen molar-refractivity contribution in [2.24, 2.45) is 0 Å². The number of aromatic nitrogens is 1. The van der Waals surface area contributed by atoms with Crippen molar-refractivity contribution in [1.82, 2.24) is 4.98 Å². The van der Waals surface area contributed by atoms with Crippen molar-refractivity contribution < 1.29 is 8.42 Å². The van der Waals surface area contributed by atoms with E-state index in [4.69, 9.17) is 0 Å². The van der Waals surface area contributed by atoms with E-state index in [2.05, 4.69) is 25.6 Å². The first-order valence-corrected chi connectivity index (χ1v) is 7.64. The van der Waals surface area contributed by atoms with Gasteiger partial charge in [-0.1, -0.05) is 6.07 Å². The van der Waals surface area contributed by atoms with E-state index >= 15 is 0 Å². The molecule has 0 fully saturated rings. The third-order valence-electron chi connectivity index (χ3n) is 2.43. The highest BCUT2D eigenvalue weighted by atomic mass is 79.9. The lowest BCUT2D eigenvalue weighted by Crippen LogP contribution is -2.15. The predicted octanol–water partition coefficient (Wildman–Crippen LogP) is 2.25. The number of H-pyrrole nitrogens is 1. The third kappa shape index (κ3) is 3.24. The molecule has 2 aromatic rings. The molecule has 0 radical (unpaired) electrons. The van der Waals surface area contributed by atoms with E-state index in [0.29, 0.717) is 10.2 Å². The molecule has 0 aliphatic rings. The first-order valence-electron chi connectivity index (χ1n) is 5.36. The van der Waals surface area contributed by atoms with Gasteiger partial charge in [-0.3, -0.25) is 9.52 Å². The Balaban J connectivity index is 2.39. The van der Waals surface area contributed by atoms with Gasteiger partial charge in [0.2, 0.25) is 5.56 Å². The van der Waals surface area contributed by atoms with Crippen molar-refractivity contribution >= 4 is 31.6 Å². The molecule has 2 rings (SSSR count). The second kappa shape index (κ2) is 5.18. The van der Waals surface area contributed by atoms with Crippen LogP contribution in [-0.2, 0) is 10.0 Å². The summed E-state index contributed by atoms with van der Waals surface area (Å²) in [6.45, 7) is 1.87. The monoisotopic (exact) mass is 342 g/mol. The van der Waals surface area contributed by atoms with Gasteiger partial charge in [0.1, 0.15) is 4.90 Å². The van der Waals surface area contributed by atoms with Crippen LogP contribution >= 0.6 is 15.9 Å². The second-order valence-electron chi connectivity index (χ2n) is 3.98. The van der Waals surface area contributed by atoms with Gasteiger partial charge >= 0.3 is 0 Å². The van der Waals surface area contributed by atoms with E-state index < -0.39 is 10.0 Å². The summed E-state index contributed by atoms with van der Waals surface area (Å²) in [5.74, 6) is 0. The summed E-state index contributed by atoms with van der Waals surface area (Å²) >= 11 is 3.28. The van der Waals surface area contributed by atoms with Crippen LogP contribution in [0.15, 0.2) is 50.7 Å². The molecule has 0 spiro atoms. The van der Waals surface area contributed by atoms with E-state index in [9.17, 15) is 13.2 Å². The molecule has 100 valence electrons. The van der Waals surface area contributed by atoms with Gasteiger partial charge in [0, 0.05) is 16.7 Å². The van der Waals surface area contributed by atoms with E-state index in [1.165, 1.54) is 12.1 Å². The Kier molecular flexibility index (Phi) is 3.77. The largest absolute Gasteiger partial charge is 0.328 e. The third-order valence-corrected chi connectivity index (χ3v) is 4.49. The molecule has 5 nitrogen and oxygen atoms in total. The average Bonchev–Trinajstić information content (AvgIpc) is 2.34. The molecule has 0 atom stereocenters. The fourth-order valence-corrected chi connectivity index (χ4v) is 3.00. The maximum Gasteiger partial charge on any atom is 0.263 e. The summed E-state index contributed by atoms with van der Waals surface area (Å²) in [6.07, 6.45) is 1.16. The molecule has 0 aliphatic heterocycles. The van der Waals surface area contributed by atoms with Crippen LogP contribution in [0.4, 0.5) is 5.69 Å². The maximum absolute atomic E-state index is 12.1. The lowest BCUT2D eigenvalue weighted by atomic mass is 10.2. The molecule has 0 bridgehead atoms. The van der Waals surface area contributed by atoms with Gasteiger partial charge in [-0.15, -0.1) is 0 Å². The van der Waals surface area contributed by atoms with E-state index in [1.54, 1.807) is 12.1 Å². The van der Waals surface area contributed by atoms with Crippen molar-refractivity contribution in [2.45, 2.75) is 11.8 Å². The number of nitrogens with one attached hydrogen (secondary N) is 2. The smallest absolute Gasteiger partial charge is 0.263 e. The molecule has 0 unspecified atom stereocenters. The molecule has 1 heterocycles. The van der Waals surface area contributed by atoms with Gasteiger partial charge in [0.15, 0.2) is 0 Å². The van der Waals surface area contributed by atoms with Crippen LogP contribution < -0.4 is 10.3 Å². The molecular formula is C12H11BrN2O3S. The number of aryl methyl sites for hydroxylation is 1. The van der Waals surface area contributed by atoms with Crippen LogP contribution in [0.1, 0.15) is 5.56 Å². The lowest BCUT2D eigenvalue weighted by Gasteiger charge is -2.10. The topological polar surface area (TPSA) is 79.0 Å². The minimum atomic E-state index is -3.72. The first-order chi connectivity index (χ1) is 8.88. The molecule has 2 N–H and O–H groups in total. The molecule has 7 heteroatoms. The molecule has 1 aromatic carbocycles. The van der Waals surface area contributed by atoms with Crippen LogP contribution in [0.25, 0.3) is 0 Å². The minimum absolute atomic E-state index is 0.000469.